The largest absolute Gasteiger partial charge is 0.457 e. The predicted octanol–water partition coefficient (Wildman–Crippen LogP) is 4.10. The molecule has 0 radical (unpaired) electrons. The zero-order chi connectivity index (χ0) is 12.7. The highest BCUT2D eigenvalue weighted by Gasteiger charge is 2.16. The Balaban J connectivity index is 2.42. The van der Waals surface area contributed by atoms with Gasteiger partial charge in [0.1, 0.15) is 11.9 Å². The molecule has 1 atom stereocenters. The number of aryl methyl sites for hydroxylation is 1. The molecule has 3 heteroatoms. The van der Waals surface area contributed by atoms with Crippen LogP contribution in [-0.2, 0) is 4.74 Å². The van der Waals surface area contributed by atoms with Gasteiger partial charge in [-0.3, -0.25) is 0 Å². The summed E-state index contributed by atoms with van der Waals surface area (Å²) in [6, 6.07) is 3.44. The van der Waals surface area contributed by atoms with Crippen molar-refractivity contribution in [2.45, 2.75) is 59.0 Å². The van der Waals surface area contributed by atoms with E-state index in [1.807, 2.05) is 13.8 Å². The summed E-state index contributed by atoms with van der Waals surface area (Å²) in [5.41, 5.74) is 0. The molecule has 0 aliphatic carbocycles. The van der Waals surface area contributed by atoms with Gasteiger partial charge < -0.3 is 9.15 Å². The van der Waals surface area contributed by atoms with Crippen LogP contribution in [0.5, 0.6) is 0 Å². The fourth-order valence-corrected chi connectivity index (χ4v) is 1.72. The number of ether oxygens (including phenoxy) is 1. The Hall–Kier alpha value is -1.25. The minimum absolute atomic E-state index is 0.0134. The summed E-state index contributed by atoms with van der Waals surface area (Å²) in [4.78, 5) is 11.7. The van der Waals surface area contributed by atoms with E-state index in [9.17, 15) is 4.79 Å². The molecule has 96 valence electrons. The Labute approximate surface area is 103 Å². The van der Waals surface area contributed by atoms with Crippen LogP contribution in [0, 0.1) is 6.92 Å². The van der Waals surface area contributed by atoms with Crippen LogP contribution >= 0.6 is 0 Å². The maximum Gasteiger partial charge on any atom is 0.374 e. The average Bonchev–Trinajstić information content (AvgIpc) is 2.74. The van der Waals surface area contributed by atoms with Crippen molar-refractivity contribution in [2.75, 3.05) is 0 Å². The minimum Gasteiger partial charge on any atom is -0.457 e. The zero-order valence-electron chi connectivity index (χ0n) is 11.0. The van der Waals surface area contributed by atoms with Crippen LogP contribution in [0.3, 0.4) is 0 Å². The van der Waals surface area contributed by atoms with E-state index in [1.54, 1.807) is 12.1 Å². The highest BCUT2D eigenvalue weighted by molar-refractivity contribution is 5.86. The minimum atomic E-state index is -0.346. The molecule has 0 bridgehead atoms. The summed E-state index contributed by atoms with van der Waals surface area (Å²) in [6.45, 7) is 6.02. The topological polar surface area (TPSA) is 39.4 Å². The monoisotopic (exact) mass is 238 g/mol. The van der Waals surface area contributed by atoms with Gasteiger partial charge in [0.15, 0.2) is 0 Å². The summed E-state index contributed by atoms with van der Waals surface area (Å²) in [5, 5.41) is 0. The van der Waals surface area contributed by atoms with Crippen LogP contribution < -0.4 is 0 Å². The number of carbonyl (C=O) groups excluding carboxylic acids is 1. The van der Waals surface area contributed by atoms with Crippen molar-refractivity contribution in [3.8, 4) is 0 Å². The maximum absolute atomic E-state index is 11.7. The van der Waals surface area contributed by atoms with Gasteiger partial charge in [-0.1, -0.05) is 26.7 Å². The van der Waals surface area contributed by atoms with Crippen LogP contribution in [0.1, 0.15) is 62.3 Å². The fraction of sp³-hybridized carbons (Fsp3) is 0.643. The second-order valence-corrected chi connectivity index (χ2v) is 4.34. The first-order chi connectivity index (χ1) is 8.17. The summed E-state index contributed by atoms with van der Waals surface area (Å²) >= 11 is 0. The average molecular weight is 238 g/mol. The van der Waals surface area contributed by atoms with Gasteiger partial charge in [-0.05, 0) is 38.3 Å². The first-order valence-electron chi connectivity index (χ1n) is 6.44. The van der Waals surface area contributed by atoms with E-state index in [0.29, 0.717) is 5.76 Å². The van der Waals surface area contributed by atoms with E-state index in [-0.39, 0.29) is 12.1 Å². The molecule has 0 saturated carbocycles. The van der Waals surface area contributed by atoms with Crippen molar-refractivity contribution in [3.05, 3.63) is 23.7 Å². The zero-order valence-corrected chi connectivity index (χ0v) is 11.0. The molecule has 1 aromatic heterocycles. The highest BCUT2D eigenvalue weighted by Crippen LogP contribution is 2.14. The van der Waals surface area contributed by atoms with Gasteiger partial charge in [-0.15, -0.1) is 0 Å². The second-order valence-electron chi connectivity index (χ2n) is 4.34. The Morgan fingerprint density at radius 2 is 2.12 bits per heavy atom. The Morgan fingerprint density at radius 3 is 2.65 bits per heavy atom. The molecular weight excluding hydrogens is 216 g/mol. The van der Waals surface area contributed by atoms with Gasteiger partial charge in [0.2, 0.25) is 5.76 Å². The third-order valence-corrected chi connectivity index (χ3v) is 2.80. The molecule has 0 fully saturated rings. The molecule has 0 amide bonds. The molecule has 0 aliphatic heterocycles. The van der Waals surface area contributed by atoms with E-state index < -0.39 is 0 Å². The normalized spacial score (nSPS) is 12.4. The third-order valence-electron chi connectivity index (χ3n) is 2.80. The predicted molar refractivity (Wildman–Crippen MR) is 67.1 cm³/mol. The number of hydrogen-bond donors (Lipinski definition) is 0. The number of hydrogen-bond acceptors (Lipinski definition) is 3. The quantitative estimate of drug-likeness (QED) is 0.530. The second kappa shape index (κ2) is 7.15. The van der Waals surface area contributed by atoms with Gasteiger partial charge in [0.25, 0.3) is 0 Å². The molecule has 1 heterocycles. The molecule has 3 nitrogen and oxygen atoms in total. The standard InChI is InChI=1S/C14H22O3/c1-4-6-7-8-12(5-2)17-14(15)13-10-9-11(3)16-13/h9-10,12H,4-8H2,1-3H3. The summed E-state index contributed by atoms with van der Waals surface area (Å²) in [5.74, 6) is 0.689. The van der Waals surface area contributed by atoms with E-state index in [2.05, 4.69) is 6.92 Å². The fourth-order valence-electron chi connectivity index (χ4n) is 1.72. The summed E-state index contributed by atoms with van der Waals surface area (Å²) in [6.07, 6.45) is 5.29. The number of rotatable bonds is 7. The van der Waals surface area contributed by atoms with Crippen LogP contribution in [0.4, 0.5) is 0 Å². The first kappa shape index (κ1) is 13.8. The van der Waals surface area contributed by atoms with Crippen molar-refractivity contribution >= 4 is 5.97 Å². The Kier molecular flexibility index (Phi) is 5.81. The van der Waals surface area contributed by atoms with Gasteiger partial charge in [-0.25, -0.2) is 4.79 Å². The summed E-state index contributed by atoms with van der Waals surface area (Å²) < 4.78 is 10.7. The van der Waals surface area contributed by atoms with Gasteiger partial charge in [-0.2, -0.15) is 0 Å². The lowest BCUT2D eigenvalue weighted by atomic mass is 10.1. The molecule has 17 heavy (non-hydrogen) atoms. The molecule has 1 aromatic rings. The maximum atomic E-state index is 11.7. The number of unbranched alkanes of at least 4 members (excludes halogenated alkanes) is 2. The van der Waals surface area contributed by atoms with E-state index in [1.165, 1.54) is 12.8 Å². The van der Waals surface area contributed by atoms with E-state index in [0.717, 1.165) is 25.0 Å². The van der Waals surface area contributed by atoms with Crippen LogP contribution in [0.25, 0.3) is 0 Å². The van der Waals surface area contributed by atoms with Gasteiger partial charge >= 0.3 is 5.97 Å². The van der Waals surface area contributed by atoms with Crippen molar-refractivity contribution < 1.29 is 13.9 Å². The van der Waals surface area contributed by atoms with E-state index >= 15 is 0 Å². The van der Waals surface area contributed by atoms with Crippen LogP contribution in [0.2, 0.25) is 0 Å². The van der Waals surface area contributed by atoms with Gasteiger partial charge in [0, 0.05) is 0 Å². The number of esters is 1. The lowest BCUT2D eigenvalue weighted by molar-refractivity contribution is 0.0231. The van der Waals surface area contributed by atoms with Crippen molar-refractivity contribution in [3.63, 3.8) is 0 Å². The highest BCUT2D eigenvalue weighted by atomic mass is 16.6. The molecule has 0 aliphatic rings. The van der Waals surface area contributed by atoms with Crippen molar-refractivity contribution in [1.29, 1.82) is 0 Å². The van der Waals surface area contributed by atoms with E-state index in [4.69, 9.17) is 9.15 Å². The Bertz CT molecular complexity index is 341. The molecule has 0 aromatic carbocycles. The SMILES string of the molecule is CCCCCC(CC)OC(=O)c1ccc(C)o1. The smallest absolute Gasteiger partial charge is 0.374 e. The van der Waals surface area contributed by atoms with Crippen LogP contribution in [0.15, 0.2) is 16.5 Å². The molecular formula is C14H22O3. The molecule has 0 N–H and O–H groups in total. The van der Waals surface area contributed by atoms with Crippen LogP contribution in [-0.4, -0.2) is 12.1 Å². The molecule has 0 saturated heterocycles. The van der Waals surface area contributed by atoms with Crippen molar-refractivity contribution in [2.24, 2.45) is 0 Å². The van der Waals surface area contributed by atoms with Crippen molar-refractivity contribution in [1.82, 2.24) is 0 Å². The third kappa shape index (κ3) is 4.63. The first-order valence-corrected chi connectivity index (χ1v) is 6.44. The lowest BCUT2D eigenvalue weighted by Gasteiger charge is -2.14. The number of carbonyl (C=O) groups is 1. The molecule has 1 rings (SSSR count). The molecule has 0 spiro atoms. The number of furan rings is 1. The molecule has 1 unspecified atom stereocenters. The Morgan fingerprint density at radius 1 is 1.35 bits per heavy atom. The van der Waals surface area contributed by atoms with Gasteiger partial charge in [0.05, 0.1) is 0 Å². The summed E-state index contributed by atoms with van der Waals surface area (Å²) in [7, 11) is 0. The lowest BCUT2D eigenvalue weighted by Crippen LogP contribution is -2.17.